The standard InChI is InChI=1S/C27H24FN3O3/c1-4-34-27(33)23-15-20(10-13-24(23)29-18(3)32)25-16-26(19-8-11-21(28)12-9-19)31(30-25)22-7-5-6-17(2)14-22/h5-16H,4H2,1-3H3,(H,29,32). The number of aromatic nitrogens is 2. The maximum absolute atomic E-state index is 13.6. The summed E-state index contributed by atoms with van der Waals surface area (Å²) in [5.74, 6) is -1.15. The van der Waals surface area contributed by atoms with Gasteiger partial charge in [-0.05, 0) is 74.0 Å². The highest BCUT2D eigenvalue weighted by atomic mass is 19.1. The van der Waals surface area contributed by atoms with Gasteiger partial charge >= 0.3 is 5.97 Å². The summed E-state index contributed by atoms with van der Waals surface area (Å²) < 4.78 is 20.5. The van der Waals surface area contributed by atoms with E-state index in [0.717, 1.165) is 22.5 Å². The van der Waals surface area contributed by atoms with Gasteiger partial charge in [0.05, 0.1) is 34.9 Å². The van der Waals surface area contributed by atoms with Crippen LogP contribution in [0.15, 0.2) is 72.8 Å². The number of rotatable bonds is 6. The zero-order chi connectivity index (χ0) is 24.2. The minimum absolute atomic E-state index is 0.208. The Kier molecular flexibility index (Phi) is 6.54. The highest BCUT2D eigenvalue weighted by Gasteiger charge is 2.18. The molecule has 0 atom stereocenters. The first-order valence-electron chi connectivity index (χ1n) is 10.9. The van der Waals surface area contributed by atoms with Crippen LogP contribution in [0, 0.1) is 12.7 Å². The molecule has 0 unspecified atom stereocenters. The maximum Gasteiger partial charge on any atom is 0.340 e. The third-order valence-corrected chi connectivity index (χ3v) is 5.22. The summed E-state index contributed by atoms with van der Waals surface area (Å²) in [7, 11) is 0. The lowest BCUT2D eigenvalue weighted by Crippen LogP contribution is -2.13. The van der Waals surface area contributed by atoms with E-state index in [2.05, 4.69) is 5.32 Å². The average Bonchev–Trinajstić information content (AvgIpc) is 3.25. The molecule has 4 rings (SSSR count). The summed E-state index contributed by atoms with van der Waals surface area (Å²) in [6.07, 6.45) is 0. The number of carbonyl (C=O) groups excluding carboxylic acids is 2. The van der Waals surface area contributed by atoms with E-state index < -0.39 is 5.97 Å². The Labute approximate surface area is 197 Å². The number of carbonyl (C=O) groups is 2. The molecule has 0 saturated carbocycles. The van der Waals surface area contributed by atoms with Gasteiger partial charge in [-0.25, -0.2) is 13.9 Å². The lowest BCUT2D eigenvalue weighted by atomic mass is 10.0. The Morgan fingerprint density at radius 1 is 1.00 bits per heavy atom. The predicted octanol–water partition coefficient (Wildman–Crippen LogP) is 5.79. The number of anilines is 1. The maximum atomic E-state index is 13.6. The smallest absolute Gasteiger partial charge is 0.340 e. The van der Waals surface area contributed by atoms with Gasteiger partial charge in [0.1, 0.15) is 5.82 Å². The fourth-order valence-electron chi connectivity index (χ4n) is 3.68. The van der Waals surface area contributed by atoms with Gasteiger partial charge in [0.15, 0.2) is 0 Å². The van der Waals surface area contributed by atoms with Crippen molar-refractivity contribution in [1.29, 1.82) is 0 Å². The first-order chi connectivity index (χ1) is 16.4. The Morgan fingerprint density at radius 3 is 2.41 bits per heavy atom. The molecule has 4 aromatic rings. The van der Waals surface area contributed by atoms with Gasteiger partial charge in [-0.2, -0.15) is 5.10 Å². The van der Waals surface area contributed by atoms with Crippen LogP contribution in [-0.4, -0.2) is 28.3 Å². The normalized spacial score (nSPS) is 10.7. The highest BCUT2D eigenvalue weighted by molar-refractivity contribution is 6.01. The molecule has 1 N–H and O–H groups in total. The van der Waals surface area contributed by atoms with Crippen LogP contribution >= 0.6 is 0 Å². The lowest BCUT2D eigenvalue weighted by Gasteiger charge is -2.11. The zero-order valence-corrected chi connectivity index (χ0v) is 19.1. The van der Waals surface area contributed by atoms with E-state index in [9.17, 15) is 14.0 Å². The molecule has 3 aromatic carbocycles. The van der Waals surface area contributed by atoms with Gasteiger partial charge in [0.2, 0.25) is 5.91 Å². The van der Waals surface area contributed by atoms with Crippen LogP contribution in [0.4, 0.5) is 10.1 Å². The lowest BCUT2D eigenvalue weighted by molar-refractivity contribution is -0.114. The molecule has 1 aromatic heterocycles. The molecule has 0 bridgehead atoms. The first kappa shape index (κ1) is 22.9. The van der Waals surface area contributed by atoms with Crippen LogP contribution in [0.25, 0.3) is 28.2 Å². The van der Waals surface area contributed by atoms with E-state index >= 15 is 0 Å². The molecule has 0 saturated heterocycles. The van der Waals surface area contributed by atoms with E-state index in [1.807, 2.05) is 37.3 Å². The van der Waals surface area contributed by atoms with E-state index in [1.165, 1.54) is 19.1 Å². The van der Waals surface area contributed by atoms with Crippen molar-refractivity contribution < 1.29 is 18.7 Å². The van der Waals surface area contributed by atoms with Crippen molar-refractivity contribution in [3.05, 3.63) is 89.7 Å². The molecule has 1 heterocycles. The number of hydrogen-bond acceptors (Lipinski definition) is 4. The molecule has 172 valence electrons. The van der Waals surface area contributed by atoms with E-state index in [0.29, 0.717) is 16.9 Å². The van der Waals surface area contributed by atoms with Crippen molar-refractivity contribution >= 4 is 17.6 Å². The Balaban J connectivity index is 1.87. The second-order valence-electron chi connectivity index (χ2n) is 7.83. The quantitative estimate of drug-likeness (QED) is 0.372. The van der Waals surface area contributed by atoms with Gasteiger partial charge in [-0.1, -0.05) is 18.2 Å². The predicted molar refractivity (Wildman–Crippen MR) is 129 cm³/mol. The number of halogens is 1. The van der Waals surface area contributed by atoms with Crippen molar-refractivity contribution in [3.8, 4) is 28.2 Å². The summed E-state index contributed by atoms with van der Waals surface area (Å²) >= 11 is 0. The van der Waals surface area contributed by atoms with Crippen molar-refractivity contribution in [2.24, 2.45) is 0 Å². The topological polar surface area (TPSA) is 73.2 Å². The zero-order valence-electron chi connectivity index (χ0n) is 19.1. The third kappa shape index (κ3) is 4.88. The fraction of sp³-hybridized carbons (Fsp3) is 0.148. The number of benzene rings is 3. The van der Waals surface area contributed by atoms with E-state index in [1.54, 1.807) is 41.9 Å². The second kappa shape index (κ2) is 9.70. The van der Waals surface area contributed by atoms with E-state index in [4.69, 9.17) is 9.84 Å². The molecular formula is C27H24FN3O3. The third-order valence-electron chi connectivity index (χ3n) is 5.22. The summed E-state index contributed by atoms with van der Waals surface area (Å²) in [6.45, 7) is 5.30. The summed E-state index contributed by atoms with van der Waals surface area (Å²) in [6, 6.07) is 21.1. The van der Waals surface area contributed by atoms with Crippen LogP contribution in [0.5, 0.6) is 0 Å². The minimum Gasteiger partial charge on any atom is -0.462 e. The van der Waals surface area contributed by atoms with Gasteiger partial charge in [-0.3, -0.25) is 4.79 Å². The van der Waals surface area contributed by atoms with Gasteiger partial charge in [0.25, 0.3) is 0 Å². The fourth-order valence-corrected chi connectivity index (χ4v) is 3.68. The van der Waals surface area contributed by atoms with Crippen molar-refractivity contribution in [2.75, 3.05) is 11.9 Å². The molecule has 0 radical (unpaired) electrons. The van der Waals surface area contributed by atoms with Gasteiger partial charge in [0, 0.05) is 18.1 Å². The second-order valence-corrected chi connectivity index (χ2v) is 7.83. The number of nitrogens with one attached hydrogen (secondary N) is 1. The van der Waals surface area contributed by atoms with Crippen LogP contribution in [0.2, 0.25) is 0 Å². The van der Waals surface area contributed by atoms with Crippen LogP contribution < -0.4 is 5.32 Å². The number of hydrogen-bond donors (Lipinski definition) is 1. The number of ether oxygens (including phenoxy) is 1. The summed E-state index contributed by atoms with van der Waals surface area (Å²) in [5.41, 5.74) is 5.38. The van der Waals surface area contributed by atoms with Crippen LogP contribution in [0.3, 0.4) is 0 Å². The van der Waals surface area contributed by atoms with Crippen molar-refractivity contribution in [1.82, 2.24) is 9.78 Å². The number of amides is 1. The Morgan fingerprint density at radius 2 is 1.74 bits per heavy atom. The molecule has 7 heteroatoms. The van der Waals surface area contributed by atoms with E-state index in [-0.39, 0.29) is 23.9 Å². The summed E-state index contributed by atoms with van der Waals surface area (Å²) in [5, 5.41) is 7.48. The molecule has 0 spiro atoms. The number of esters is 1. The number of nitrogens with zero attached hydrogens (tertiary/aromatic N) is 2. The molecule has 1 amide bonds. The summed E-state index contributed by atoms with van der Waals surface area (Å²) in [4.78, 5) is 24.2. The molecule has 0 aliphatic heterocycles. The molecule has 0 aliphatic rings. The monoisotopic (exact) mass is 457 g/mol. The highest BCUT2D eigenvalue weighted by Crippen LogP contribution is 2.31. The Bertz CT molecular complexity index is 1360. The molecule has 0 fully saturated rings. The van der Waals surface area contributed by atoms with Crippen LogP contribution in [-0.2, 0) is 9.53 Å². The largest absolute Gasteiger partial charge is 0.462 e. The molecular weight excluding hydrogens is 433 g/mol. The molecule has 6 nitrogen and oxygen atoms in total. The number of aryl methyl sites for hydroxylation is 1. The molecule has 0 aliphatic carbocycles. The Hall–Kier alpha value is -4.26. The van der Waals surface area contributed by atoms with Crippen molar-refractivity contribution in [2.45, 2.75) is 20.8 Å². The minimum atomic E-state index is -0.537. The van der Waals surface area contributed by atoms with Gasteiger partial charge in [-0.15, -0.1) is 0 Å². The first-order valence-corrected chi connectivity index (χ1v) is 10.9. The SMILES string of the molecule is CCOC(=O)c1cc(-c2cc(-c3ccc(F)cc3)n(-c3cccc(C)c3)n2)ccc1NC(C)=O. The van der Waals surface area contributed by atoms with Crippen molar-refractivity contribution in [3.63, 3.8) is 0 Å². The average molecular weight is 458 g/mol. The van der Waals surface area contributed by atoms with Gasteiger partial charge < -0.3 is 10.1 Å². The molecule has 34 heavy (non-hydrogen) atoms. The van der Waals surface area contributed by atoms with Crippen LogP contribution in [0.1, 0.15) is 29.8 Å².